The van der Waals surface area contributed by atoms with Gasteiger partial charge in [0.05, 0.1) is 11.9 Å². The number of hydrogen-bond acceptors (Lipinski definition) is 6. The minimum Gasteiger partial charge on any atom is -0.340 e. The van der Waals surface area contributed by atoms with Gasteiger partial charge < -0.3 is 9.88 Å². The van der Waals surface area contributed by atoms with Crippen LogP contribution in [0.25, 0.3) is 20.7 Å². The van der Waals surface area contributed by atoms with Gasteiger partial charge in [-0.25, -0.2) is 4.98 Å². The fourth-order valence-electron chi connectivity index (χ4n) is 3.61. The Hall–Kier alpha value is -2.03. The molecule has 8 heteroatoms. The van der Waals surface area contributed by atoms with E-state index in [0.29, 0.717) is 23.7 Å². The highest BCUT2D eigenvalue weighted by molar-refractivity contribution is 7.18. The quantitative estimate of drug-likeness (QED) is 0.731. The maximum atomic E-state index is 12.7. The van der Waals surface area contributed by atoms with Crippen molar-refractivity contribution in [3.05, 3.63) is 39.1 Å². The topological polar surface area (TPSA) is 69.3 Å². The Morgan fingerprint density at radius 3 is 2.74 bits per heavy atom. The number of nitrogens with one attached hydrogen (secondary N) is 1. The van der Waals surface area contributed by atoms with E-state index in [1.54, 1.807) is 11.3 Å². The minimum atomic E-state index is -0.0674. The van der Waals surface area contributed by atoms with Crippen LogP contribution in [0, 0.1) is 5.92 Å². The predicted octanol–water partition coefficient (Wildman–Crippen LogP) is 2.77. The van der Waals surface area contributed by atoms with Gasteiger partial charge in [-0.3, -0.25) is 14.5 Å². The molecule has 0 bridgehead atoms. The smallest absolute Gasteiger partial charge is 0.260 e. The molecular weight excluding hydrogens is 380 g/mol. The SMILES string of the molecule is O=C(C1CC1)N1CCN(Cc2nc3scc(-c4cccs4)c3c(=O)[nH]2)CC1. The number of piperazine rings is 1. The van der Waals surface area contributed by atoms with Crippen LogP contribution in [0.5, 0.6) is 0 Å². The first kappa shape index (κ1) is 17.1. The number of fused-ring (bicyclic) bond motifs is 1. The van der Waals surface area contributed by atoms with Crippen molar-refractivity contribution in [3.8, 4) is 10.4 Å². The summed E-state index contributed by atoms with van der Waals surface area (Å²) < 4.78 is 0. The van der Waals surface area contributed by atoms with Crippen LogP contribution in [-0.4, -0.2) is 51.9 Å². The van der Waals surface area contributed by atoms with Crippen LogP contribution >= 0.6 is 22.7 Å². The number of amides is 1. The molecule has 1 N–H and O–H groups in total. The summed E-state index contributed by atoms with van der Waals surface area (Å²) in [5.41, 5.74) is 0.902. The molecule has 5 rings (SSSR count). The number of nitrogens with zero attached hydrogens (tertiary/aromatic N) is 3. The Kier molecular flexibility index (Phi) is 4.34. The van der Waals surface area contributed by atoms with Crippen LogP contribution in [0.4, 0.5) is 0 Å². The zero-order chi connectivity index (χ0) is 18.4. The molecule has 3 aromatic rings. The third-order valence-electron chi connectivity index (χ3n) is 5.26. The molecule has 0 unspecified atom stereocenters. The molecule has 1 amide bonds. The number of carbonyl (C=O) groups excluding carboxylic acids is 1. The van der Waals surface area contributed by atoms with E-state index in [0.717, 1.165) is 54.3 Å². The molecule has 0 radical (unpaired) electrons. The maximum Gasteiger partial charge on any atom is 0.260 e. The third kappa shape index (κ3) is 3.33. The lowest BCUT2D eigenvalue weighted by Crippen LogP contribution is -2.49. The Labute approximate surface area is 164 Å². The predicted molar refractivity (Wildman–Crippen MR) is 108 cm³/mol. The van der Waals surface area contributed by atoms with Gasteiger partial charge in [-0.05, 0) is 24.3 Å². The maximum absolute atomic E-state index is 12.7. The van der Waals surface area contributed by atoms with Crippen LogP contribution in [0.2, 0.25) is 0 Å². The Morgan fingerprint density at radius 1 is 1.22 bits per heavy atom. The number of H-pyrrole nitrogens is 1. The molecule has 27 heavy (non-hydrogen) atoms. The third-order valence-corrected chi connectivity index (χ3v) is 7.04. The zero-order valence-electron chi connectivity index (χ0n) is 14.8. The molecule has 1 aliphatic heterocycles. The first-order valence-corrected chi connectivity index (χ1v) is 11.0. The van der Waals surface area contributed by atoms with Crippen LogP contribution in [0.15, 0.2) is 27.7 Å². The van der Waals surface area contributed by atoms with Crippen LogP contribution in [0.1, 0.15) is 18.7 Å². The lowest BCUT2D eigenvalue weighted by molar-refractivity contribution is -0.134. The van der Waals surface area contributed by atoms with E-state index in [2.05, 4.69) is 9.88 Å². The van der Waals surface area contributed by atoms with Crippen molar-refractivity contribution >= 4 is 38.8 Å². The average Bonchev–Trinajstić information content (AvgIpc) is 3.20. The van der Waals surface area contributed by atoms with Gasteiger partial charge in [0, 0.05) is 47.9 Å². The second-order valence-electron chi connectivity index (χ2n) is 7.20. The molecule has 0 atom stereocenters. The summed E-state index contributed by atoms with van der Waals surface area (Å²) in [5.74, 6) is 1.31. The molecule has 1 saturated heterocycles. The number of thiophene rings is 2. The van der Waals surface area contributed by atoms with Gasteiger partial charge in [0.15, 0.2) is 0 Å². The summed E-state index contributed by atoms with van der Waals surface area (Å²) in [6.07, 6.45) is 2.11. The monoisotopic (exact) mass is 400 g/mol. The lowest BCUT2D eigenvalue weighted by atomic mass is 10.2. The Bertz CT molecular complexity index is 1030. The van der Waals surface area contributed by atoms with Gasteiger partial charge in [-0.1, -0.05) is 6.07 Å². The number of carbonyl (C=O) groups is 1. The summed E-state index contributed by atoms with van der Waals surface area (Å²) in [4.78, 5) is 38.7. The van der Waals surface area contributed by atoms with Gasteiger partial charge in [0.1, 0.15) is 10.7 Å². The molecule has 140 valence electrons. The van der Waals surface area contributed by atoms with Gasteiger partial charge >= 0.3 is 0 Å². The first-order valence-electron chi connectivity index (χ1n) is 9.24. The fraction of sp³-hybridized carbons (Fsp3) is 0.421. The summed E-state index contributed by atoms with van der Waals surface area (Å²) >= 11 is 3.15. The first-order chi connectivity index (χ1) is 13.2. The largest absolute Gasteiger partial charge is 0.340 e. The van der Waals surface area contributed by atoms with Gasteiger partial charge in [0.2, 0.25) is 5.91 Å². The van der Waals surface area contributed by atoms with Crippen LogP contribution in [-0.2, 0) is 11.3 Å². The van der Waals surface area contributed by atoms with E-state index in [1.165, 1.54) is 11.3 Å². The number of aromatic amines is 1. The van der Waals surface area contributed by atoms with Crippen molar-refractivity contribution in [2.45, 2.75) is 19.4 Å². The molecule has 2 fully saturated rings. The molecule has 1 aliphatic carbocycles. The van der Waals surface area contributed by atoms with Gasteiger partial charge in [-0.15, -0.1) is 22.7 Å². The number of rotatable bonds is 4. The highest BCUT2D eigenvalue weighted by atomic mass is 32.1. The summed E-state index contributed by atoms with van der Waals surface area (Å²) in [6, 6.07) is 4.02. The molecule has 3 aromatic heterocycles. The Morgan fingerprint density at radius 2 is 2.04 bits per heavy atom. The number of hydrogen-bond donors (Lipinski definition) is 1. The van der Waals surface area contributed by atoms with Crippen molar-refractivity contribution in [2.75, 3.05) is 26.2 Å². The van der Waals surface area contributed by atoms with Gasteiger partial charge in [0.25, 0.3) is 5.56 Å². The Balaban J connectivity index is 1.31. The van der Waals surface area contributed by atoms with E-state index in [4.69, 9.17) is 4.98 Å². The molecule has 2 aliphatic rings. The van der Waals surface area contributed by atoms with E-state index >= 15 is 0 Å². The van der Waals surface area contributed by atoms with E-state index in [1.807, 2.05) is 27.8 Å². The standard InChI is InChI=1S/C19H20N4O2S2/c24-17-16-13(14-2-1-9-26-14)11-27-18(16)21-15(20-17)10-22-5-7-23(8-6-22)19(25)12-3-4-12/h1-2,9,11-12H,3-8,10H2,(H,20,21,24). The second kappa shape index (κ2) is 6.85. The number of aromatic nitrogens is 2. The van der Waals surface area contributed by atoms with Crippen molar-refractivity contribution in [3.63, 3.8) is 0 Å². The molecule has 1 saturated carbocycles. The molecule has 4 heterocycles. The fourth-order valence-corrected chi connectivity index (χ4v) is 5.39. The van der Waals surface area contributed by atoms with E-state index in [9.17, 15) is 9.59 Å². The minimum absolute atomic E-state index is 0.0674. The molecule has 0 spiro atoms. The zero-order valence-corrected chi connectivity index (χ0v) is 16.4. The lowest BCUT2D eigenvalue weighted by Gasteiger charge is -2.34. The highest BCUT2D eigenvalue weighted by Crippen LogP contribution is 2.33. The molecule has 0 aromatic carbocycles. The van der Waals surface area contributed by atoms with Crippen LogP contribution < -0.4 is 5.56 Å². The molecular formula is C19H20N4O2S2. The van der Waals surface area contributed by atoms with Crippen molar-refractivity contribution < 1.29 is 4.79 Å². The van der Waals surface area contributed by atoms with Crippen molar-refractivity contribution in [1.29, 1.82) is 0 Å². The second-order valence-corrected chi connectivity index (χ2v) is 9.00. The highest BCUT2D eigenvalue weighted by Gasteiger charge is 2.34. The summed E-state index contributed by atoms with van der Waals surface area (Å²) in [6.45, 7) is 3.80. The summed E-state index contributed by atoms with van der Waals surface area (Å²) in [5, 5.41) is 4.72. The van der Waals surface area contributed by atoms with Crippen molar-refractivity contribution in [1.82, 2.24) is 19.8 Å². The average molecular weight is 401 g/mol. The molecule has 6 nitrogen and oxygen atoms in total. The summed E-state index contributed by atoms with van der Waals surface area (Å²) in [7, 11) is 0. The normalized spacial score (nSPS) is 18.3. The van der Waals surface area contributed by atoms with E-state index < -0.39 is 0 Å². The van der Waals surface area contributed by atoms with E-state index in [-0.39, 0.29) is 11.5 Å². The van der Waals surface area contributed by atoms with Crippen LogP contribution in [0.3, 0.4) is 0 Å². The van der Waals surface area contributed by atoms with Gasteiger partial charge in [-0.2, -0.15) is 0 Å². The van der Waals surface area contributed by atoms with Crippen molar-refractivity contribution in [2.24, 2.45) is 5.92 Å².